The zero-order chi connectivity index (χ0) is 10.2. The summed E-state index contributed by atoms with van der Waals surface area (Å²) in [6, 6.07) is 5.35. The molecule has 0 amide bonds. The molecule has 76 valence electrons. The van der Waals surface area contributed by atoms with Crippen LogP contribution in [0.3, 0.4) is 0 Å². The molecule has 0 spiro atoms. The normalized spacial score (nSPS) is 17.9. The third kappa shape index (κ3) is 1.55. The van der Waals surface area contributed by atoms with Gasteiger partial charge in [-0.05, 0) is 37.5 Å². The summed E-state index contributed by atoms with van der Waals surface area (Å²) in [5.41, 5.74) is 6.93. The molecule has 1 aromatic carbocycles. The number of phenolic OH excluding ortho intramolecular Hbond substituents is 1. The highest BCUT2D eigenvalue weighted by Crippen LogP contribution is 2.44. The minimum Gasteiger partial charge on any atom is -0.504 e. The lowest BCUT2D eigenvalue weighted by molar-refractivity contribution is 0.317. The van der Waals surface area contributed by atoms with E-state index >= 15 is 0 Å². The highest BCUT2D eigenvalue weighted by atomic mass is 16.5. The molecule has 2 rings (SSSR count). The fourth-order valence-corrected chi connectivity index (χ4v) is 1.52. The monoisotopic (exact) mass is 193 g/mol. The first-order valence-electron chi connectivity index (χ1n) is 4.91. The Kier molecular flexibility index (Phi) is 2.11. The molecule has 0 aromatic heterocycles. The van der Waals surface area contributed by atoms with E-state index in [0.717, 1.165) is 18.4 Å². The molecule has 0 unspecified atom stereocenters. The summed E-state index contributed by atoms with van der Waals surface area (Å²) in [7, 11) is 0. The summed E-state index contributed by atoms with van der Waals surface area (Å²) in [5.74, 6) is 0.710. The Labute approximate surface area is 83.5 Å². The van der Waals surface area contributed by atoms with Crippen LogP contribution >= 0.6 is 0 Å². The zero-order valence-corrected chi connectivity index (χ0v) is 8.29. The largest absolute Gasteiger partial charge is 0.504 e. The van der Waals surface area contributed by atoms with Crippen LogP contribution in [0.1, 0.15) is 25.3 Å². The van der Waals surface area contributed by atoms with E-state index in [-0.39, 0.29) is 11.3 Å². The molecule has 3 heteroatoms. The second kappa shape index (κ2) is 3.17. The lowest BCUT2D eigenvalue weighted by Gasteiger charge is -2.12. The van der Waals surface area contributed by atoms with Gasteiger partial charge in [0.25, 0.3) is 0 Å². The molecule has 1 aliphatic carbocycles. The first-order chi connectivity index (χ1) is 6.65. The van der Waals surface area contributed by atoms with Crippen molar-refractivity contribution in [1.29, 1.82) is 0 Å². The number of ether oxygens (including phenoxy) is 1. The summed E-state index contributed by atoms with van der Waals surface area (Å²) < 4.78 is 5.29. The Bertz CT molecular complexity index is 345. The van der Waals surface area contributed by atoms with Crippen molar-refractivity contribution >= 4 is 0 Å². The van der Waals surface area contributed by atoms with Crippen LogP contribution in [-0.4, -0.2) is 11.7 Å². The number of benzene rings is 1. The molecular weight excluding hydrogens is 178 g/mol. The van der Waals surface area contributed by atoms with E-state index < -0.39 is 0 Å². The molecule has 0 radical (unpaired) electrons. The zero-order valence-electron chi connectivity index (χ0n) is 8.29. The van der Waals surface area contributed by atoms with Crippen molar-refractivity contribution in [2.45, 2.75) is 25.3 Å². The van der Waals surface area contributed by atoms with Gasteiger partial charge in [0.1, 0.15) is 0 Å². The Morgan fingerprint density at radius 1 is 1.50 bits per heavy atom. The smallest absolute Gasteiger partial charge is 0.161 e. The highest BCUT2D eigenvalue weighted by Gasteiger charge is 2.40. The summed E-state index contributed by atoms with van der Waals surface area (Å²) in [6.45, 7) is 2.44. The van der Waals surface area contributed by atoms with Gasteiger partial charge >= 0.3 is 0 Å². The van der Waals surface area contributed by atoms with Crippen molar-refractivity contribution in [3.8, 4) is 11.5 Å². The number of hydrogen-bond acceptors (Lipinski definition) is 3. The molecule has 14 heavy (non-hydrogen) atoms. The van der Waals surface area contributed by atoms with E-state index in [0.29, 0.717) is 12.4 Å². The van der Waals surface area contributed by atoms with Crippen LogP contribution in [0, 0.1) is 0 Å². The van der Waals surface area contributed by atoms with E-state index in [9.17, 15) is 5.11 Å². The molecule has 1 aliphatic rings. The first kappa shape index (κ1) is 9.34. The molecule has 0 saturated heterocycles. The van der Waals surface area contributed by atoms with Gasteiger partial charge in [0, 0.05) is 5.54 Å². The predicted molar refractivity (Wildman–Crippen MR) is 54.4 cm³/mol. The minimum atomic E-state index is -0.167. The van der Waals surface area contributed by atoms with Crippen molar-refractivity contribution in [2.75, 3.05) is 6.61 Å². The van der Waals surface area contributed by atoms with Gasteiger partial charge in [0.05, 0.1) is 6.61 Å². The third-order valence-electron chi connectivity index (χ3n) is 2.62. The fourth-order valence-electron chi connectivity index (χ4n) is 1.52. The Hall–Kier alpha value is -1.22. The second-order valence-electron chi connectivity index (χ2n) is 3.77. The predicted octanol–water partition coefficient (Wildman–Crippen LogP) is 1.74. The van der Waals surface area contributed by atoms with Gasteiger partial charge in [-0.1, -0.05) is 6.07 Å². The second-order valence-corrected chi connectivity index (χ2v) is 3.77. The summed E-state index contributed by atoms with van der Waals surface area (Å²) in [5, 5.41) is 9.49. The van der Waals surface area contributed by atoms with Gasteiger partial charge in [-0.15, -0.1) is 0 Å². The average molecular weight is 193 g/mol. The first-order valence-corrected chi connectivity index (χ1v) is 4.91. The number of aromatic hydroxyl groups is 1. The van der Waals surface area contributed by atoms with E-state index in [4.69, 9.17) is 10.5 Å². The molecule has 0 aliphatic heterocycles. The van der Waals surface area contributed by atoms with Crippen LogP contribution in [0.15, 0.2) is 18.2 Å². The number of rotatable bonds is 3. The van der Waals surface area contributed by atoms with Crippen molar-refractivity contribution in [3.05, 3.63) is 23.8 Å². The van der Waals surface area contributed by atoms with Crippen molar-refractivity contribution < 1.29 is 9.84 Å². The van der Waals surface area contributed by atoms with Gasteiger partial charge < -0.3 is 15.6 Å². The SMILES string of the molecule is CCOc1cc(C2(N)CC2)ccc1O. The molecule has 1 saturated carbocycles. The van der Waals surface area contributed by atoms with E-state index in [1.54, 1.807) is 6.07 Å². The molecule has 0 atom stereocenters. The molecule has 3 N–H and O–H groups in total. The maximum Gasteiger partial charge on any atom is 0.161 e. The van der Waals surface area contributed by atoms with Gasteiger partial charge in [0.15, 0.2) is 11.5 Å². The summed E-state index contributed by atoms with van der Waals surface area (Å²) in [6.07, 6.45) is 2.03. The van der Waals surface area contributed by atoms with Crippen LogP contribution < -0.4 is 10.5 Å². The molecular formula is C11H15NO2. The Morgan fingerprint density at radius 3 is 2.79 bits per heavy atom. The molecule has 0 bridgehead atoms. The van der Waals surface area contributed by atoms with Gasteiger partial charge in [-0.3, -0.25) is 0 Å². The van der Waals surface area contributed by atoms with Gasteiger partial charge in [-0.2, -0.15) is 0 Å². The van der Waals surface area contributed by atoms with Crippen molar-refractivity contribution in [1.82, 2.24) is 0 Å². The summed E-state index contributed by atoms with van der Waals surface area (Å²) >= 11 is 0. The number of hydrogen-bond donors (Lipinski definition) is 2. The van der Waals surface area contributed by atoms with Crippen molar-refractivity contribution in [3.63, 3.8) is 0 Å². The van der Waals surface area contributed by atoms with Gasteiger partial charge in [0.2, 0.25) is 0 Å². The number of phenols is 1. The molecule has 1 aromatic rings. The topological polar surface area (TPSA) is 55.5 Å². The highest BCUT2D eigenvalue weighted by molar-refractivity contribution is 5.45. The Balaban J connectivity index is 2.31. The maximum atomic E-state index is 9.49. The molecule has 1 fully saturated rings. The quantitative estimate of drug-likeness (QED) is 0.768. The maximum absolute atomic E-state index is 9.49. The van der Waals surface area contributed by atoms with Crippen LogP contribution in [0.2, 0.25) is 0 Å². The average Bonchev–Trinajstić information content (AvgIpc) is 2.89. The lowest BCUT2D eigenvalue weighted by Crippen LogP contribution is -2.18. The minimum absolute atomic E-state index is 0.167. The van der Waals surface area contributed by atoms with Crippen LogP contribution in [-0.2, 0) is 5.54 Å². The van der Waals surface area contributed by atoms with Crippen LogP contribution in [0.5, 0.6) is 11.5 Å². The molecule has 0 heterocycles. The fraction of sp³-hybridized carbons (Fsp3) is 0.455. The summed E-state index contributed by atoms with van der Waals surface area (Å²) in [4.78, 5) is 0. The lowest BCUT2D eigenvalue weighted by atomic mass is 10.1. The van der Waals surface area contributed by atoms with E-state index in [1.165, 1.54) is 0 Å². The Morgan fingerprint density at radius 2 is 2.21 bits per heavy atom. The van der Waals surface area contributed by atoms with Crippen LogP contribution in [0.4, 0.5) is 0 Å². The van der Waals surface area contributed by atoms with Crippen molar-refractivity contribution in [2.24, 2.45) is 5.73 Å². The number of nitrogens with two attached hydrogens (primary N) is 1. The third-order valence-corrected chi connectivity index (χ3v) is 2.62. The van der Waals surface area contributed by atoms with Crippen LogP contribution in [0.25, 0.3) is 0 Å². The van der Waals surface area contributed by atoms with Gasteiger partial charge in [-0.25, -0.2) is 0 Å². The van der Waals surface area contributed by atoms with E-state index in [2.05, 4.69) is 0 Å². The van der Waals surface area contributed by atoms with E-state index in [1.807, 2.05) is 19.1 Å². The molecule has 3 nitrogen and oxygen atoms in total. The standard InChI is InChI=1S/C11H15NO2/c1-2-14-10-7-8(3-4-9(10)13)11(12)5-6-11/h3-4,7,13H,2,5-6,12H2,1H3.